The molecular weight excluding hydrogens is 190 g/mol. The van der Waals surface area contributed by atoms with Gasteiger partial charge in [-0.1, -0.05) is 0 Å². The molecule has 0 saturated heterocycles. The third kappa shape index (κ3) is 9640. The van der Waals surface area contributed by atoms with E-state index in [2.05, 4.69) is 0 Å². The zero-order chi connectivity index (χ0) is 8.08. The molecule has 0 aromatic carbocycles. The summed E-state index contributed by atoms with van der Waals surface area (Å²) < 4.78 is 34.1. The molecule has 0 spiro atoms. The molecule has 0 aliphatic heterocycles. The van der Waals surface area contributed by atoms with Crippen LogP contribution in [0.25, 0.3) is 0 Å². The molecule has 0 unspecified atom stereocenters. The molecular formula is CAlLiO7S. The first-order valence-electron chi connectivity index (χ1n) is 1.28. The number of carbonyl (C=O) groups excluding carboxylic acids is 1. The largest absolute Gasteiger partial charge is 3.00 e. The maximum Gasteiger partial charge on any atom is 3.00 e. The average molecular weight is 190 g/mol. The third-order valence-corrected chi connectivity index (χ3v) is 0. The van der Waals surface area contributed by atoms with Crippen LogP contribution in [0, 0.1) is 0 Å². The Kier molecular flexibility index (Phi) is 21.0. The van der Waals surface area contributed by atoms with E-state index >= 15 is 0 Å². The predicted octanol–water partition coefficient (Wildman–Crippen LogP) is -7.16. The van der Waals surface area contributed by atoms with Gasteiger partial charge in [-0.05, 0) is 6.16 Å². The molecule has 10 heteroatoms. The number of hydrogen-bond acceptors (Lipinski definition) is 7. The maximum absolute atomic E-state index is 8.52. The van der Waals surface area contributed by atoms with Crippen LogP contribution in [0.15, 0.2) is 0 Å². The molecule has 0 bridgehead atoms. The topological polar surface area (TPSA) is 143 Å². The van der Waals surface area contributed by atoms with Gasteiger partial charge >= 0.3 is 36.2 Å². The smallest absolute Gasteiger partial charge is 0.759 e. The summed E-state index contributed by atoms with van der Waals surface area (Å²) >= 11 is 0. The van der Waals surface area contributed by atoms with Crippen molar-refractivity contribution < 1.29 is 51.4 Å². The molecule has 0 saturated carbocycles. The molecule has 0 rings (SSSR count). The Morgan fingerprint density at radius 1 is 1.09 bits per heavy atom. The molecule has 11 heavy (non-hydrogen) atoms. The Bertz CT molecular complexity index is 161. The van der Waals surface area contributed by atoms with Crippen LogP contribution in [0.4, 0.5) is 4.79 Å². The van der Waals surface area contributed by atoms with E-state index in [1.165, 1.54) is 0 Å². The van der Waals surface area contributed by atoms with E-state index in [4.69, 9.17) is 32.5 Å². The van der Waals surface area contributed by atoms with E-state index in [1.807, 2.05) is 0 Å². The van der Waals surface area contributed by atoms with Gasteiger partial charge in [0, 0.05) is 10.4 Å². The normalized spacial score (nSPS) is 7.45. The first kappa shape index (κ1) is 22.5. The number of rotatable bonds is 0. The van der Waals surface area contributed by atoms with E-state index in [9.17, 15) is 0 Å². The average Bonchev–Trinajstić information content (AvgIpc) is 1.19. The predicted molar refractivity (Wildman–Crippen MR) is 21.6 cm³/mol. The number of carboxylic acid groups (broad SMARTS) is 2. The summed E-state index contributed by atoms with van der Waals surface area (Å²) in [5.74, 6) is 0. The van der Waals surface area contributed by atoms with Crippen LogP contribution in [0.5, 0.6) is 0 Å². The van der Waals surface area contributed by atoms with Gasteiger partial charge in [0.1, 0.15) is 0 Å². The van der Waals surface area contributed by atoms with Crippen LogP contribution in [0.3, 0.4) is 0 Å². The van der Waals surface area contributed by atoms with E-state index in [-0.39, 0.29) is 36.2 Å². The van der Waals surface area contributed by atoms with Crippen LogP contribution in [0.2, 0.25) is 0 Å². The minimum absolute atomic E-state index is 0. The Morgan fingerprint density at radius 3 is 1.09 bits per heavy atom. The molecule has 0 atom stereocenters. The van der Waals surface area contributed by atoms with Crippen molar-refractivity contribution in [3.8, 4) is 0 Å². The summed E-state index contributed by atoms with van der Waals surface area (Å²) in [5.41, 5.74) is 0. The first-order valence-corrected chi connectivity index (χ1v) is 2.61. The van der Waals surface area contributed by atoms with E-state index in [0.29, 0.717) is 0 Å². The summed E-state index contributed by atoms with van der Waals surface area (Å²) in [6.45, 7) is 0. The van der Waals surface area contributed by atoms with Crippen molar-refractivity contribution in [2.24, 2.45) is 0 Å². The molecule has 0 fully saturated rings. The van der Waals surface area contributed by atoms with Crippen molar-refractivity contribution in [1.82, 2.24) is 0 Å². The second kappa shape index (κ2) is 10.3. The summed E-state index contributed by atoms with van der Waals surface area (Å²) in [6, 6.07) is 0. The van der Waals surface area contributed by atoms with Crippen molar-refractivity contribution in [3.05, 3.63) is 0 Å². The second-order valence-corrected chi connectivity index (χ2v) is 1.47. The second-order valence-electron chi connectivity index (χ2n) is 0.658. The number of hydrogen-bond donors (Lipinski definition) is 0. The molecule has 0 aliphatic carbocycles. The summed E-state index contributed by atoms with van der Waals surface area (Å²) in [7, 11) is -5.17. The maximum atomic E-state index is 8.52. The van der Waals surface area contributed by atoms with Gasteiger partial charge in [-0.3, -0.25) is 8.42 Å². The van der Waals surface area contributed by atoms with Gasteiger partial charge in [0.05, 0.1) is 0 Å². The minimum atomic E-state index is -5.17. The fourth-order valence-electron chi connectivity index (χ4n) is 0. The van der Waals surface area contributed by atoms with Gasteiger partial charge < -0.3 is 24.1 Å². The van der Waals surface area contributed by atoms with Crippen molar-refractivity contribution >= 4 is 33.9 Å². The quantitative estimate of drug-likeness (QED) is 0.209. The monoisotopic (exact) mass is 190 g/mol. The van der Waals surface area contributed by atoms with E-state index in [1.54, 1.807) is 0 Å². The van der Waals surface area contributed by atoms with Crippen LogP contribution in [0.1, 0.15) is 0 Å². The zero-order valence-electron chi connectivity index (χ0n) is 5.34. The zero-order valence-corrected chi connectivity index (χ0v) is 7.31. The Labute approximate surface area is 85.3 Å². The van der Waals surface area contributed by atoms with Gasteiger partial charge in [0.15, 0.2) is 0 Å². The van der Waals surface area contributed by atoms with Gasteiger partial charge in [-0.2, -0.15) is 0 Å². The molecule has 0 aromatic rings. The Hall–Kier alpha value is 0.270. The summed E-state index contributed by atoms with van der Waals surface area (Å²) in [6.07, 6.45) is -2.33. The van der Waals surface area contributed by atoms with E-state index < -0.39 is 16.6 Å². The first-order chi connectivity index (χ1) is 3.73. The fraction of sp³-hybridized carbons (Fsp3) is 0. The molecule has 0 heterocycles. The molecule has 56 valence electrons. The Balaban J connectivity index is -0.0000000383. The number of carbonyl (C=O) groups is 1. The van der Waals surface area contributed by atoms with Gasteiger partial charge in [-0.15, -0.1) is 0 Å². The van der Waals surface area contributed by atoms with Gasteiger partial charge in [0.25, 0.3) is 0 Å². The van der Waals surface area contributed by atoms with Gasteiger partial charge in [0.2, 0.25) is 0 Å². The Morgan fingerprint density at radius 2 is 1.09 bits per heavy atom. The SMILES string of the molecule is O=C([O-])[O-].O=S(=O)([O-])[O-].[Al+3].[Li+]. The standard InChI is InChI=1S/CH2O3.Al.Li.H2O4S/c2-1(3)4;;;1-5(2,3)4/h(H2,2,3,4);;;(H2,1,2,3,4)/q;+3;+1;/p-4. The summed E-state index contributed by atoms with van der Waals surface area (Å²) in [4.78, 5) is 8.33. The summed E-state index contributed by atoms with van der Waals surface area (Å²) in [5, 5.41) is 16.7. The van der Waals surface area contributed by atoms with Crippen LogP contribution < -0.4 is 29.1 Å². The van der Waals surface area contributed by atoms with Crippen molar-refractivity contribution in [2.75, 3.05) is 0 Å². The molecule has 7 nitrogen and oxygen atoms in total. The van der Waals surface area contributed by atoms with Crippen molar-refractivity contribution in [3.63, 3.8) is 0 Å². The molecule has 0 radical (unpaired) electrons. The van der Waals surface area contributed by atoms with Gasteiger partial charge in [-0.25, -0.2) is 0 Å². The van der Waals surface area contributed by atoms with Crippen molar-refractivity contribution in [1.29, 1.82) is 0 Å². The third-order valence-electron chi connectivity index (χ3n) is 0. The molecule has 0 amide bonds. The molecule has 0 N–H and O–H groups in total. The van der Waals surface area contributed by atoms with Crippen LogP contribution >= 0.6 is 0 Å². The molecule has 0 aliphatic rings. The van der Waals surface area contributed by atoms with Crippen molar-refractivity contribution in [2.45, 2.75) is 0 Å². The fourth-order valence-corrected chi connectivity index (χ4v) is 0. The molecule has 0 aromatic heterocycles. The van der Waals surface area contributed by atoms with Crippen LogP contribution in [-0.4, -0.2) is 41.0 Å². The van der Waals surface area contributed by atoms with Crippen LogP contribution in [-0.2, 0) is 10.4 Å². The van der Waals surface area contributed by atoms with E-state index in [0.717, 1.165) is 0 Å². The minimum Gasteiger partial charge on any atom is -0.759 e.